The number of furan rings is 1. The van der Waals surface area contributed by atoms with Crippen molar-refractivity contribution in [3.63, 3.8) is 0 Å². The highest BCUT2D eigenvalue weighted by Gasteiger charge is 2.34. The molecule has 3 aromatic rings. The van der Waals surface area contributed by atoms with E-state index in [1.807, 2.05) is 0 Å². The van der Waals surface area contributed by atoms with E-state index in [-0.39, 0.29) is 46.7 Å². The maximum Gasteiger partial charge on any atom is 0.373 e. The molecule has 1 aromatic heterocycles. The van der Waals surface area contributed by atoms with Gasteiger partial charge in [-0.25, -0.2) is 9.59 Å². The van der Waals surface area contributed by atoms with Crippen molar-refractivity contribution in [2.75, 3.05) is 7.11 Å². The molecule has 37 heavy (non-hydrogen) atoms. The predicted molar refractivity (Wildman–Crippen MR) is 131 cm³/mol. The van der Waals surface area contributed by atoms with Crippen LogP contribution in [0, 0.1) is 10.1 Å². The lowest BCUT2D eigenvalue weighted by Crippen LogP contribution is -2.30. The third-order valence-electron chi connectivity index (χ3n) is 5.17. The quantitative estimate of drug-likeness (QED) is 0.138. The zero-order valence-corrected chi connectivity index (χ0v) is 20.5. The molecule has 4 rings (SSSR count). The number of hydrogen-bond donors (Lipinski definition) is 1. The van der Waals surface area contributed by atoms with Gasteiger partial charge in [-0.3, -0.25) is 19.8 Å². The molecule has 3 amide bonds. The molecule has 0 aliphatic carbocycles. The molecule has 0 radical (unpaired) electrons. The Morgan fingerprint density at radius 2 is 1.89 bits per heavy atom. The maximum absolute atomic E-state index is 12.8. The first-order valence-corrected chi connectivity index (χ1v) is 11.3. The van der Waals surface area contributed by atoms with E-state index < -0.39 is 28.5 Å². The molecule has 2 heterocycles. The van der Waals surface area contributed by atoms with E-state index in [4.69, 9.17) is 32.4 Å². The van der Waals surface area contributed by atoms with Crippen molar-refractivity contribution in [3.8, 4) is 5.75 Å². The van der Waals surface area contributed by atoms with Crippen molar-refractivity contribution in [1.82, 2.24) is 10.2 Å². The van der Waals surface area contributed by atoms with Crippen LogP contribution in [-0.4, -0.2) is 34.8 Å². The molecule has 0 bridgehead atoms. The van der Waals surface area contributed by atoms with Crippen LogP contribution < -0.4 is 10.1 Å². The van der Waals surface area contributed by atoms with Crippen molar-refractivity contribution in [3.05, 3.63) is 97.0 Å². The highest BCUT2D eigenvalue weighted by atomic mass is 35.5. The lowest BCUT2D eigenvalue weighted by molar-refractivity contribution is -0.385. The Morgan fingerprint density at radius 1 is 1.16 bits per heavy atom. The molecule has 11 nitrogen and oxygen atoms in total. The fourth-order valence-electron chi connectivity index (χ4n) is 3.41. The fourth-order valence-corrected chi connectivity index (χ4v) is 3.81. The smallest absolute Gasteiger partial charge is 0.373 e. The van der Waals surface area contributed by atoms with Gasteiger partial charge in [-0.1, -0.05) is 35.3 Å². The second-order valence-electron chi connectivity index (χ2n) is 7.66. The number of esters is 1. The topological polar surface area (TPSA) is 141 Å². The van der Waals surface area contributed by atoms with Crippen LogP contribution in [0.4, 0.5) is 10.5 Å². The molecule has 1 N–H and O–H groups in total. The van der Waals surface area contributed by atoms with E-state index in [2.05, 4.69) is 10.1 Å². The highest BCUT2D eigenvalue weighted by Crippen LogP contribution is 2.37. The van der Waals surface area contributed by atoms with Gasteiger partial charge >= 0.3 is 17.7 Å². The van der Waals surface area contributed by atoms with Crippen LogP contribution >= 0.6 is 23.2 Å². The average Bonchev–Trinajstić information content (AvgIpc) is 3.44. The van der Waals surface area contributed by atoms with Crippen LogP contribution in [0.3, 0.4) is 0 Å². The van der Waals surface area contributed by atoms with Gasteiger partial charge in [-0.2, -0.15) is 0 Å². The Kier molecular flexibility index (Phi) is 7.46. The standard InChI is InChI=1S/C24H17Cl2N3O8/c1-35-23(31)20-7-6-16(37-20)11-28-22(30)18(27-24(28)32)9-14-8-17(26)21(19(10-14)29(33)34)36-12-13-2-4-15(25)5-3-13/h2-10H,11-12H2,1H3,(H,27,32)/b18-9-. The SMILES string of the molecule is COC(=O)c1ccc(CN2C(=O)N/C(=C\c3cc(Cl)c(OCc4ccc(Cl)cc4)c([N+](=O)[O-])c3)C2=O)o1. The number of halogens is 2. The number of carbonyl (C=O) groups excluding carboxylic acids is 3. The zero-order valence-electron chi connectivity index (χ0n) is 19.0. The van der Waals surface area contributed by atoms with Crippen molar-refractivity contribution < 1.29 is 33.2 Å². The molecule has 13 heteroatoms. The Balaban J connectivity index is 1.54. The summed E-state index contributed by atoms with van der Waals surface area (Å²) in [6.07, 6.45) is 1.25. The first kappa shape index (κ1) is 25.7. The minimum Gasteiger partial charge on any atom is -0.481 e. The third-order valence-corrected chi connectivity index (χ3v) is 5.71. The fraction of sp³-hybridized carbons (Fsp3) is 0.125. The molecule has 2 aromatic carbocycles. The number of carbonyl (C=O) groups is 3. The Hall–Kier alpha value is -4.35. The lowest BCUT2D eigenvalue weighted by Gasteiger charge is -2.10. The number of methoxy groups -OCH3 is 1. The third kappa shape index (κ3) is 5.74. The minimum atomic E-state index is -0.740. The molecule has 0 atom stereocenters. The van der Waals surface area contributed by atoms with E-state index in [0.29, 0.717) is 5.02 Å². The van der Waals surface area contributed by atoms with Crippen LogP contribution in [0.5, 0.6) is 5.75 Å². The molecule has 1 fully saturated rings. The van der Waals surface area contributed by atoms with E-state index in [1.165, 1.54) is 37.5 Å². The highest BCUT2D eigenvalue weighted by molar-refractivity contribution is 6.32. The average molecular weight is 546 g/mol. The summed E-state index contributed by atoms with van der Waals surface area (Å²) in [5, 5.41) is 14.6. The summed E-state index contributed by atoms with van der Waals surface area (Å²) >= 11 is 12.1. The monoisotopic (exact) mass is 545 g/mol. The summed E-state index contributed by atoms with van der Waals surface area (Å²) in [6.45, 7) is -0.247. The van der Waals surface area contributed by atoms with E-state index in [0.717, 1.165) is 10.5 Å². The maximum atomic E-state index is 12.8. The predicted octanol–water partition coefficient (Wildman–Crippen LogP) is 4.95. The van der Waals surface area contributed by atoms with Gasteiger partial charge < -0.3 is 19.2 Å². The first-order chi connectivity index (χ1) is 17.7. The molecular weight excluding hydrogens is 529 g/mol. The minimum absolute atomic E-state index is 0.00609. The number of nitrogens with zero attached hydrogens (tertiary/aromatic N) is 2. The van der Waals surface area contributed by atoms with Gasteiger partial charge in [-0.15, -0.1) is 0 Å². The van der Waals surface area contributed by atoms with Crippen LogP contribution in [0.15, 0.2) is 58.6 Å². The van der Waals surface area contributed by atoms with Crippen molar-refractivity contribution >= 4 is 52.9 Å². The molecule has 0 unspecified atom stereocenters. The number of ether oxygens (including phenoxy) is 2. The van der Waals surface area contributed by atoms with Crippen LogP contribution in [0.25, 0.3) is 6.08 Å². The van der Waals surface area contributed by atoms with E-state index >= 15 is 0 Å². The van der Waals surface area contributed by atoms with Gasteiger partial charge in [0.1, 0.15) is 18.1 Å². The van der Waals surface area contributed by atoms with Crippen LogP contribution in [0.2, 0.25) is 10.0 Å². The number of nitro benzene ring substituents is 1. The van der Waals surface area contributed by atoms with Gasteiger partial charge in [0.25, 0.3) is 5.91 Å². The number of rotatable bonds is 8. The van der Waals surface area contributed by atoms with Gasteiger partial charge in [0.05, 0.1) is 23.6 Å². The molecule has 1 aliphatic rings. The second-order valence-corrected chi connectivity index (χ2v) is 8.50. The summed E-state index contributed by atoms with van der Waals surface area (Å²) < 4.78 is 15.5. The summed E-state index contributed by atoms with van der Waals surface area (Å²) in [5.41, 5.74) is 0.348. The largest absolute Gasteiger partial charge is 0.481 e. The number of benzene rings is 2. The lowest BCUT2D eigenvalue weighted by atomic mass is 10.1. The number of hydrogen-bond acceptors (Lipinski definition) is 8. The van der Waals surface area contributed by atoms with Crippen molar-refractivity contribution in [2.45, 2.75) is 13.2 Å². The zero-order chi connectivity index (χ0) is 26.7. The number of urea groups is 1. The second kappa shape index (κ2) is 10.7. The van der Waals surface area contributed by atoms with Gasteiger partial charge in [-0.05, 0) is 47.5 Å². The molecular formula is C24H17Cl2N3O8. The van der Waals surface area contributed by atoms with Crippen molar-refractivity contribution in [2.24, 2.45) is 0 Å². The normalized spacial score (nSPS) is 14.1. The van der Waals surface area contributed by atoms with E-state index in [1.54, 1.807) is 24.3 Å². The van der Waals surface area contributed by atoms with Gasteiger partial charge in [0.2, 0.25) is 11.5 Å². The van der Waals surface area contributed by atoms with Gasteiger partial charge in [0, 0.05) is 11.1 Å². The number of nitrogens with one attached hydrogen (secondary N) is 1. The Labute approximate surface area is 219 Å². The molecule has 1 saturated heterocycles. The first-order valence-electron chi connectivity index (χ1n) is 10.5. The summed E-state index contributed by atoms with van der Waals surface area (Å²) in [7, 11) is 1.19. The van der Waals surface area contributed by atoms with E-state index in [9.17, 15) is 24.5 Å². The summed E-state index contributed by atoms with van der Waals surface area (Å²) in [6, 6.07) is 11.3. The summed E-state index contributed by atoms with van der Waals surface area (Å²) in [4.78, 5) is 48.6. The number of imide groups is 1. The Morgan fingerprint density at radius 3 is 2.57 bits per heavy atom. The molecule has 0 spiro atoms. The van der Waals surface area contributed by atoms with Crippen molar-refractivity contribution in [1.29, 1.82) is 0 Å². The molecule has 190 valence electrons. The number of amides is 3. The van der Waals surface area contributed by atoms with Gasteiger partial charge in [0.15, 0.2) is 0 Å². The van der Waals surface area contributed by atoms with Crippen LogP contribution in [-0.2, 0) is 22.7 Å². The summed E-state index contributed by atoms with van der Waals surface area (Å²) in [5.74, 6) is -1.47. The molecule has 0 saturated carbocycles. The Bertz CT molecular complexity index is 1430. The number of nitro groups is 1. The molecule has 1 aliphatic heterocycles. The van der Waals surface area contributed by atoms with Crippen LogP contribution in [0.1, 0.15) is 27.4 Å².